The van der Waals surface area contributed by atoms with Gasteiger partial charge >= 0.3 is 0 Å². The zero-order valence-corrected chi connectivity index (χ0v) is 16.6. The van der Waals surface area contributed by atoms with Gasteiger partial charge in [-0.2, -0.15) is 15.2 Å². The summed E-state index contributed by atoms with van der Waals surface area (Å²) in [6.07, 6.45) is 3.17. The highest BCUT2D eigenvalue weighted by Gasteiger charge is 2.42. The van der Waals surface area contributed by atoms with Crippen molar-refractivity contribution in [2.45, 2.75) is 13.3 Å². The van der Waals surface area contributed by atoms with Gasteiger partial charge in [-0.15, -0.1) is 5.10 Å². The molecule has 0 aliphatic carbocycles. The van der Waals surface area contributed by atoms with Gasteiger partial charge in [0, 0.05) is 30.6 Å². The Hall–Kier alpha value is -2.98. The molecule has 1 fully saturated rings. The number of aryl methyl sites for hydroxylation is 1. The number of aliphatic hydroxyl groups excluding tert-OH is 1. The van der Waals surface area contributed by atoms with Crippen LogP contribution in [0.5, 0.6) is 0 Å². The van der Waals surface area contributed by atoms with Gasteiger partial charge in [0.05, 0.1) is 12.4 Å². The number of aromatic amines is 1. The van der Waals surface area contributed by atoms with E-state index in [1.807, 2.05) is 6.92 Å². The van der Waals surface area contributed by atoms with E-state index in [0.29, 0.717) is 11.4 Å². The minimum Gasteiger partial charge on any atom is -0.396 e. The topological polar surface area (TPSA) is 108 Å². The average Bonchev–Trinajstić information content (AvgIpc) is 3.32. The lowest BCUT2D eigenvalue weighted by Crippen LogP contribution is -2.28. The normalized spacial score (nSPS) is 19.0. The molecule has 2 unspecified atom stereocenters. The molecule has 2 N–H and O–H groups in total. The molecule has 156 valence electrons. The molecule has 11 heteroatoms. The van der Waals surface area contributed by atoms with Crippen molar-refractivity contribution >= 4 is 23.5 Å². The highest BCUT2D eigenvalue weighted by atomic mass is 35.5. The minimum absolute atomic E-state index is 0.0518. The number of hydrogen-bond donors (Lipinski definition) is 2. The third-order valence-electron chi connectivity index (χ3n) is 5.20. The first-order valence-corrected chi connectivity index (χ1v) is 9.52. The number of halogens is 3. The number of H-pyrrole nitrogens is 1. The van der Waals surface area contributed by atoms with Crippen molar-refractivity contribution in [3.05, 3.63) is 52.3 Å². The maximum atomic E-state index is 13.8. The van der Waals surface area contributed by atoms with Crippen LogP contribution in [0.1, 0.15) is 11.1 Å². The van der Waals surface area contributed by atoms with Crippen LogP contribution in [0.3, 0.4) is 0 Å². The molecule has 1 aromatic carbocycles. The predicted molar refractivity (Wildman–Crippen MR) is 104 cm³/mol. The second-order valence-electron chi connectivity index (χ2n) is 7.15. The molecule has 1 aliphatic rings. The number of nitrogens with one attached hydrogen (secondary N) is 1. The Morgan fingerprint density at radius 3 is 2.63 bits per heavy atom. The van der Waals surface area contributed by atoms with Crippen molar-refractivity contribution in [2.75, 3.05) is 18.1 Å². The Bertz CT molecular complexity index is 1090. The molecular formula is C19H17ClF2N6O2. The summed E-state index contributed by atoms with van der Waals surface area (Å²) in [6, 6.07) is 2.19. The highest BCUT2D eigenvalue weighted by Crippen LogP contribution is 2.32. The monoisotopic (exact) mass is 434 g/mol. The summed E-state index contributed by atoms with van der Waals surface area (Å²) in [4.78, 5) is 18.7. The van der Waals surface area contributed by atoms with E-state index >= 15 is 0 Å². The lowest BCUT2D eigenvalue weighted by atomic mass is 9.89. The molecule has 1 saturated heterocycles. The number of amides is 1. The summed E-state index contributed by atoms with van der Waals surface area (Å²) in [6.45, 7) is 1.76. The Kier molecular flexibility index (Phi) is 5.44. The summed E-state index contributed by atoms with van der Waals surface area (Å²) in [5, 5.41) is 23.7. The third-order valence-corrected chi connectivity index (χ3v) is 5.56. The Morgan fingerprint density at radius 1 is 1.27 bits per heavy atom. The molecule has 2 aromatic heterocycles. The molecule has 0 saturated carbocycles. The number of benzene rings is 1. The fraction of sp³-hybridized carbons (Fsp3) is 0.316. The van der Waals surface area contributed by atoms with E-state index in [1.165, 1.54) is 11.1 Å². The van der Waals surface area contributed by atoms with Crippen molar-refractivity contribution in [1.29, 1.82) is 0 Å². The van der Waals surface area contributed by atoms with Gasteiger partial charge in [0.25, 0.3) is 5.95 Å². The van der Waals surface area contributed by atoms with Crippen LogP contribution >= 0.6 is 11.6 Å². The third kappa shape index (κ3) is 3.63. The molecule has 2 atom stereocenters. The van der Waals surface area contributed by atoms with E-state index in [0.717, 1.165) is 17.7 Å². The second-order valence-corrected chi connectivity index (χ2v) is 7.52. The summed E-state index contributed by atoms with van der Waals surface area (Å²) < 4.78 is 27.6. The van der Waals surface area contributed by atoms with Crippen LogP contribution in [-0.2, 0) is 11.2 Å². The first-order valence-electron chi connectivity index (χ1n) is 9.14. The van der Waals surface area contributed by atoms with Gasteiger partial charge in [0.15, 0.2) is 5.82 Å². The molecule has 3 heterocycles. The summed E-state index contributed by atoms with van der Waals surface area (Å²) in [7, 11) is 0. The van der Waals surface area contributed by atoms with Crippen molar-refractivity contribution in [1.82, 2.24) is 25.4 Å². The Balaban J connectivity index is 1.59. The lowest BCUT2D eigenvalue weighted by molar-refractivity contribution is -0.121. The first-order chi connectivity index (χ1) is 14.4. The second kappa shape index (κ2) is 8.04. The van der Waals surface area contributed by atoms with E-state index in [9.17, 15) is 18.7 Å². The van der Waals surface area contributed by atoms with Crippen LogP contribution in [0, 0.1) is 30.4 Å². The van der Waals surface area contributed by atoms with E-state index < -0.39 is 28.5 Å². The predicted octanol–water partition coefficient (Wildman–Crippen LogP) is 2.32. The zero-order valence-electron chi connectivity index (χ0n) is 15.8. The largest absolute Gasteiger partial charge is 0.396 e. The zero-order chi connectivity index (χ0) is 21.4. The molecule has 30 heavy (non-hydrogen) atoms. The standard InChI is InChI=1S/C19H17ClF2N6O2/c1-9-5-23-24-6-13(9)17-25-19(27-26-17)28-7-11(8-29)12(18(28)30)2-10-3-14(21)16(20)15(22)4-10/h3-6,11-12,29H,2,7-8H2,1H3,(H,25,26,27). The van der Waals surface area contributed by atoms with Crippen molar-refractivity contribution < 1.29 is 18.7 Å². The van der Waals surface area contributed by atoms with Gasteiger partial charge < -0.3 is 5.11 Å². The molecule has 0 radical (unpaired) electrons. The Labute approximate surface area is 174 Å². The maximum absolute atomic E-state index is 13.8. The fourth-order valence-electron chi connectivity index (χ4n) is 3.58. The molecule has 3 aromatic rings. The molecule has 1 amide bonds. The maximum Gasteiger partial charge on any atom is 0.251 e. The molecule has 8 nitrogen and oxygen atoms in total. The van der Waals surface area contributed by atoms with E-state index in [1.54, 1.807) is 6.20 Å². The van der Waals surface area contributed by atoms with Crippen LogP contribution in [0.2, 0.25) is 5.02 Å². The van der Waals surface area contributed by atoms with Crippen molar-refractivity contribution in [3.8, 4) is 11.4 Å². The number of carbonyl (C=O) groups is 1. The van der Waals surface area contributed by atoms with E-state index in [2.05, 4.69) is 25.4 Å². The van der Waals surface area contributed by atoms with Gasteiger partial charge in [-0.25, -0.2) is 8.78 Å². The van der Waals surface area contributed by atoms with Crippen molar-refractivity contribution in [2.24, 2.45) is 11.8 Å². The smallest absolute Gasteiger partial charge is 0.251 e. The van der Waals surface area contributed by atoms with Crippen LogP contribution in [-0.4, -0.2) is 49.5 Å². The number of anilines is 1. The number of nitrogens with zero attached hydrogens (tertiary/aromatic N) is 5. The molecule has 1 aliphatic heterocycles. The van der Waals surface area contributed by atoms with Crippen LogP contribution in [0.25, 0.3) is 11.4 Å². The molecule has 0 bridgehead atoms. The summed E-state index contributed by atoms with van der Waals surface area (Å²) >= 11 is 5.52. The average molecular weight is 435 g/mol. The fourth-order valence-corrected chi connectivity index (χ4v) is 3.69. The first kappa shape index (κ1) is 20.3. The molecule has 4 rings (SSSR count). The van der Waals surface area contributed by atoms with Gasteiger partial charge in [-0.3, -0.25) is 14.8 Å². The SMILES string of the molecule is Cc1cnncc1-c1nc(N2CC(CO)C(Cc3cc(F)c(Cl)c(F)c3)C2=O)n[nH]1. The summed E-state index contributed by atoms with van der Waals surface area (Å²) in [5.41, 5.74) is 1.80. The lowest BCUT2D eigenvalue weighted by Gasteiger charge is -2.14. The van der Waals surface area contributed by atoms with E-state index in [4.69, 9.17) is 11.6 Å². The van der Waals surface area contributed by atoms with Crippen LogP contribution < -0.4 is 4.90 Å². The minimum atomic E-state index is -0.894. The Morgan fingerprint density at radius 2 is 1.97 bits per heavy atom. The van der Waals surface area contributed by atoms with E-state index in [-0.39, 0.29) is 37.0 Å². The van der Waals surface area contributed by atoms with Crippen molar-refractivity contribution in [3.63, 3.8) is 0 Å². The molecular weight excluding hydrogens is 418 g/mol. The number of carbonyl (C=O) groups excluding carboxylic acids is 1. The molecule has 0 spiro atoms. The van der Waals surface area contributed by atoms with Crippen LogP contribution in [0.4, 0.5) is 14.7 Å². The van der Waals surface area contributed by atoms with Crippen LogP contribution in [0.15, 0.2) is 24.5 Å². The number of rotatable bonds is 5. The quantitative estimate of drug-likeness (QED) is 0.597. The number of hydrogen-bond acceptors (Lipinski definition) is 6. The van der Waals surface area contributed by atoms with Gasteiger partial charge in [0.1, 0.15) is 16.7 Å². The van der Waals surface area contributed by atoms with Gasteiger partial charge in [-0.1, -0.05) is 11.6 Å². The highest BCUT2D eigenvalue weighted by molar-refractivity contribution is 6.30. The number of aliphatic hydroxyl groups is 1. The summed E-state index contributed by atoms with van der Waals surface area (Å²) in [5.74, 6) is -2.66. The number of aromatic nitrogens is 5. The van der Waals surface area contributed by atoms with Gasteiger partial charge in [-0.05, 0) is 36.6 Å². The van der Waals surface area contributed by atoms with Gasteiger partial charge in [0.2, 0.25) is 5.91 Å².